The van der Waals surface area contributed by atoms with Gasteiger partial charge in [0.05, 0.1) is 5.75 Å². The van der Waals surface area contributed by atoms with Gasteiger partial charge in [0.2, 0.25) is 10.0 Å². The highest BCUT2D eigenvalue weighted by Gasteiger charge is 2.32. The number of urea groups is 1. The molecule has 8 nitrogen and oxygen atoms in total. The number of amides is 2. The van der Waals surface area contributed by atoms with Crippen LogP contribution in [0.15, 0.2) is 54.6 Å². The third kappa shape index (κ3) is 6.64. The summed E-state index contributed by atoms with van der Waals surface area (Å²) in [4.78, 5) is 15.5. The van der Waals surface area contributed by atoms with Crippen molar-refractivity contribution < 1.29 is 13.2 Å². The summed E-state index contributed by atoms with van der Waals surface area (Å²) in [5, 5.41) is 11.0. The summed E-state index contributed by atoms with van der Waals surface area (Å²) in [5.41, 5.74) is 7.78. The number of nitrogens with two attached hydrogens (primary N) is 1. The van der Waals surface area contributed by atoms with Gasteiger partial charge in [0.25, 0.3) is 0 Å². The van der Waals surface area contributed by atoms with Gasteiger partial charge in [-0.3, -0.25) is 10.3 Å². The fourth-order valence-electron chi connectivity index (χ4n) is 5.27. The van der Waals surface area contributed by atoms with Gasteiger partial charge in [0.15, 0.2) is 0 Å². The van der Waals surface area contributed by atoms with Gasteiger partial charge < -0.3 is 11.1 Å². The highest BCUT2D eigenvalue weighted by atomic mass is 32.2. The maximum absolute atomic E-state index is 13.7. The standard InChI is InChI=1S/C27H37N5O3S/c28-26(29)22-12-8-16-25(18-22)32(24-14-6-1-2-7-15-24)27(33)30-23-13-9-17-31(19-23)36(34,35)20-21-10-4-3-5-11-21/h3-5,8,10-12,16,18,23-24H,1-2,6-7,9,13-15,17,19-20H2,(H3,28,29)(H,30,33). The van der Waals surface area contributed by atoms with Crippen LogP contribution < -0.4 is 16.0 Å². The second kappa shape index (κ2) is 11.9. The number of nitrogen functional groups attached to an aromatic ring is 1. The average molecular weight is 512 g/mol. The Kier molecular flexibility index (Phi) is 8.64. The second-order valence-electron chi connectivity index (χ2n) is 9.87. The molecule has 1 aliphatic heterocycles. The molecule has 1 saturated heterocycles. The van der Waals surface area contributed by atoms with E-state index in [0.29, 0.717) is 18.5 Å². The first-order valence-corrected chi connectivity index (χ1v) is 14.5. The molecule has 0 bridgehead atoms. The number of carbonyl (C=O) groups excluding carboxylic acids is 1. The minimum atomic E-state index is -3.49. The molecule has 2 amide bonds. The summed E-state index contributed by atoms with van der Waals surface area (Å²) >= 11 is 0. The van der Waals surface area contributed by atoms with Gasteiger partial charge >= 0.3 is 6.03 Å². The van der Waals surface area contributed by atoms with E-state index >= 15 is 0 Å². The maximum atomic E-state index is 13.7. The third-order valence-corrected chi connectivity index (χ3v) is 8.96. The van der Waals surface area contributed by atoms with E-state index in [2.05, 4.69) is 5.32 Å². The zero-order chi connectivity index (χ0) is 25.5. The maximum Gasteiger partial charge on any atom is 0.322 e. The Balaban J connectivity index is 1.50. The first kappa shape index (κ1) is 26.2. The monoisotopic (exact) mass is 511 g/mol. The molecule has 1 aliphatic carbocycles. The van der Waals surface area contributed by atoms with E-state index < -0.39 is 10.0 Å². The normalized spacial score (nSPS) is 19.8. The van der Waals surface area contributed by atoms with E-state index in [1.807, 2.05) is 47.4 Å². The van der Waals surface area contributed by atoms with Crippen LogP contribution in [0.4, 0.5) is 10.5 Å². The van der Waals surface area contributed by atoms with Crippen LogP contribution in [0.25, 0.3) is 0 Å². The smallest absolute Gasteiger partial charge is 0.322 e. The lowest BCUT2D eigenvalue weighted by Crippen LogP contribution is -2.54. The molecular formula is C27H37N5O3S. The Morgan fingerprint density at radius 2 is 1.72 bits per heavy atom. The number of carbonyl (C=O) groups is 1. The molecule has 1 atom stereocenters. The van der Waals surface area contributed by atoms with Crippen LogP contribution in [-0.4, -0.2) is 49.8 Å². The van der Waals surface area contributed by atoms with Crippen molar-refractivity contribution >= 4 is 27.6 Å². The van der Waals surface area contributed by atoms with Gasteiger partial charge in [-0.25, -0.2) is 13.2 Å². The van der Waals surface area contributed by atoms with E-state index in [1.165, 1.54) is 4.31 Å². The fourth-order valence-corrected chi connectivity index (χ4v) is 6.88. The highest BCUT2D eigenvalue weighted by Crippen LogP contribution is 2.28. The van der Waals surface area contributed by atoms with Crippen LogP contribution in [0.5, 0.6) is 0 Å². The number of piperidine rings is 1. The molecule has 1 unspecified atom stereocenters. The molecule has 4 rings (SSSR count). The Morgan fingerprint density at radius 1 is 1.00 bits per heavy atom. The number of benzene rings is 2. The van der Waals surface area contributed by atoms with Crippen molar-refractivity contribution in [1.29, 1.82) is 5.41 Å². The molecule has 2 fully saturated rings. The number of amidine groups is 1. The van der Waals surface area contributed by atoms with Gasteiger partial charge in [-0.05, 0) is 43.4 Å². The van der Waals surface area contributed by atoms with Crippen LogP contribution in [0, 0.1) is 5.41 Å². The Morgan fingerprint density at radius 3 is 2.42 bits per heavy atom. The molecular weight excluding hydrogens is 474 g/mol. The summed E-state index contributed by atoms with van der Waals surface area (Å²) in [6.07, 6.45) is 7.72. The van der Waals surface area contributed by atoms with Crippen molar-refractivity contribution in [2.75, 3.05) is 18.0 Å². The number of anilines is 1. The lowest BCUT2D eigenvalue weighted by molar-refractivity contribution is 0.228. The minimum Gasteiger partial charge on any atom is -0.384 e. The summed E-state index contributed by atoms with van der Waals surface area (Å²) < 4.78 is 27.7. The number of hydrogen-bond acceptors (Lipinski definition) is 4. The van der Waals surface area contributed by atoms with Crippen molar-refractivity contribution in [3.8, 4) is 0 Å². The van der Waals surface area contributed by atoms with Crippen LogP contribution >= 0.6 is 0 Å². The van der Waals surface area contributed by atoms with E-state index in [9.17, 15) is 13.2 Å². The van der Waals surface area contributed by atoms with Crippen molar-refractivity contribution in [1.82, 2.24) is 9.62 Å². The number of nitrogens with one attached hydrogen (secondary N) is 2. The molecule has 2 aromatic carbocycles. The molecule has 9 heteroatoms. The summed E-state index contributed by atoms with van der Waals surface area (Å²) in [6, 6.07) is 16.0. The quantitative estimate of drug-likeness (QED) is 0.293. The molecule has 1 saturated carbocycles. The largest absolute Gasteiger partial charge is 0.384 e. The van der Waals surface area contributed by atoms with Gasteiger partial charge in [0.1, 0.15) is 5.84 Å². The highest BCUT2D eigenvalue weighted by molar-refractivity contribution is 7.88. The molecule has 2 aromatic rings. The van der Waals surface area contributed by atoms with Gasteiger partial charge in [-0.2, -0.15) is 4.31 Å². The number of nitrogens with zero attached hydrogens (tertiary/aromatic N) is 2. The molecule has 1 heterocycles. The number of rotatable bonds is 7. The molecule has 2 aliphatic rings. The van der Waals surface area contributed by atoms with E-state index in [1.54, 1.807) is 12.1 Å². The molecule has 0 aromatic heterocycles. The second-order valence-corrected chi connectivity index (χ2v) is 11.8. The van der Waals surface area contributed by atoms with Crippen LogP contribution in [0.1, 0.15) is 62.5 Å². The summed E-state index contributed by atoms with van der Waals surface area (Å²) in [7, 11) is -3.49. The molecule has 0 spiro atoms. The Bertz CT molecular complexity index is 1150. The third-order valence-electron chi connectivity index (χ3n) is 7.14. The average Bonchev–Trinajstić information content (AvgIpc) is 3.14. The number of hydrogen-bond donors (Lipinski definition) is 3. The molecule has 194 valence electrons. The Labute approximate surface area is 214 Å². The molecule has 36 heavy (non-hydrogen) atoms. The van der Waals surface area contributed by atoms with E-state index in [4.69, 9.17) is 11.1 Å². The van der Waals surface area contributed by atoms with E-state index in [-0.39, 0.29) is 36.2 Å². The van der Waals surface area contributed by atoms with Crippen molar-refractivity contribution in [2.24, 2.45) is 5.73 Å². The van der Waals surface area contributed by atoms with Crippen LogP contribution in [-0.2, 0) is 15.8 Å². The fraction of sp³-hybridized carbons (Fsp3) is 0.481. The first-order chi connectivity index (χ1) is 17.3. The zero-order valence-corrected chi connectivity index (χ0v) is 21.6. The molecule has 0 radical (unpaired) electrons. The van der Waals surface area contributed by atoms with E-state index in [0.717, 1.165) is 56.2 Å². The topological polar surface area (TPSA) is 120 Å². The summed E-state index contributed by atoms with van der Waals surface area (Å²) in [5.74, 6) is -0.0785. The lowest BCUT2D eigenvalue weighted by Gasteiger charge is -2.36. The predicted molar refractivity (Wildman–Crippen MR) is 144 cm³/mol. The van der Waals surface area contributed by atoms with Crippen molar-refractivity contribution in [3.05, 3.63) is 65.7 Å². The Hall–Kier alpha value is -2.91. The van der Waals surface area contributed by atoms with Gasteiger partial charge in [-0.15, -0.1) is 0 Å². The van der Waals surface area contributed by atoms with Gasteiger partial charge in [0, 0.05) is 36.4 Å². The minimum absolute atomic E-state index is 0.0374. The predicted octanol–water partition coefficient (Wildman–Crippen LogP) is 4.20. The number of sulfonamides is 1. The summed E-state index contributed by atoms with van der Waals surface area (Å²) in [6.45, 7) is 0.738. The van der Waals surface area contributed by atoms with Crippen LogP contribution in [0.2, 0.25) is 0 Å². The SMILES string of the molecule is N=C(N)c1cccc(N(C(=O)NC2CCCN(S(=O)(=O)Cc3ccccc3)C2)C2CCCCCC2)c1. The van der Waals surface area contributed by atoms with Gasteiger partial charge in [-0.1, -0.05) is 68.1 Å². The van der Waals surface area contributed by atoms with Crippen molar-refractivity contribution in [3.63, 3.8) is 0 Å². The zero-order valence-electron chi connectivity index (χ0n) is 20.7. The molecule has 4 N–H and O–H groups in total. The first-order valence-electron chi connectivity index (χ1n) is 12.9. The lowest BCUT2D eigenvalue weighted by atomic mass is 10.0. The van der Waals surface area contributed by atoms with Crippen molar-refractivity contribution in [2.45, 2.75) is 69.2 Å². The van der Waals surface area contributed by atoms with Crippen LogP contribution in [0.3, 0.4) is 0 Å².